The third-order valence-corrected chi connectivity index (χ3v) is 2.11. The minimum absolute atomic E-state index is 0. The molecule has 0 saturated heterocycles. The average molecular weight is 213 g/mol. The minimum Gasteiger partial charge on any atom is -0.147 e. The molecular formula is C8H19ClNTi. The van der Waals surface area contributed by atoms with Crippen molar-refractivity contribution in [3.63, 3.8) is 0 Å². The van der Waals surface area contributed by atoms with Crippen molar-refractivity contribution in [3.8, 4) is 0 Å². The molecule has 3 heteroatoms. The summed E-state index contributed by atoms with van der Waals surface area (Å²) < 4.78 is 0.667. The summed E-state index contributed by atoms with van der Waals surface area (Å²) >= 11 is 2.25. The van der Waals surface area contributed by atoms with Crippen LogP contribution in [0.3, 0.4) is 0 Å². The normalized spacial score (nSPS) is 13.7. The minimum atomic E-state index is 0. The predicted molar refractivity (Wildman–Crippen MR) is 48.8 cm³/mol. The van der Waals surface area contributed by atoms with E-state index in [1.165, 1.54) is 0 Å². The van der Waals surface area contributed by atoms with Gasteiger partial charge in [0.2, 0.25) is 0 Å². The summed E-state index contributed by atoms with van der Waals surface area (Å²) in [6.45, 7) is 11.2. The Bertz CT molecular complexity index is 75.1. The molecule has 0 saturated carbocycles. The number of rotatable bonds is 3. The van der Waals surface area contributed by atoms with Gasteiger partial charge in [-0.05, 0) is 0 Å². The quantitative estimate of drug-likeness (QED) is 0.650. The molecule has 0 radical (unpaired) electrons. The van der Waals surface area contributed by atoms with Gasteiger partial charge in [-0.2, -0.15) is 0 Å². The Balaban J connectivity index is 0. The van der Waals surface area contributed by atoms with E-state index >= 15 is 0 Å². The Kier molecular flexibility index (Phi) is 8.53. The number of nitrogens with zero attached hydrogens (tertiary/aromatic N) is 1. The maximum atomic E-state index is 2.50. The molecule has 67 valence electrons. The van der Waals surface area contributed by atoms with Crippen LogP contribution < -0.4 is 0 Å². The van der Waals surface area contributed by atoms with Crippen molar-refractivity contribution >= 4 is 12.4 Å². The van der Waals surface area contributed by atoms with Gasteiger partial charge in [-0.15, -0.1) is 12.4 Å². The van der Waals surface area contributed by atoms with Crippen LogP contribution in [0.25, 0.3) is 0 Å². The van der Waals surface area contributed by atoms with Crippen LogP contribution in [0.2, 0.25) is 0 Å². The van der Waals surface area contributed by atoms with Crippen LogP contribution in [0.1, 0.15) is 34.6 Å². The largest absolute Gasteiger partial charge is 0.147 e. The molecule has 1 atom stereocenters. The molecular weight excluding hydrogens is 193 g/mol. The molecule has 0 aliphatic rings. The van der Waals surface area contributed by atoms with E-state index in [4.69, 9.17) is 0 Å². The second-order valence-corrected chi connectivity index (χ2v) is 4.62. The summed E-state index contributed by atoms with van der Waals surface area (Å²) in [5, 5.41) is 0. The Hall–Kier alpha value is 0.964. The molecule has 0 bridgehead atoms. The van der Waals surface area contributed by atoms with E-state index in [-0.39, 0.29) is 12.4 Å². The molecule has 0 spiro atoms. The van der Waals surface area contributed by atoms with Gasteiger partial charge in [0.1, 0.15) is 0 Å². The first kappa shape index (κ1) is 14.5. The second-order valence-electron chi connectivity index (χ2n) is 3.31. The van der Waals surface area contributed by atoms with Crippen molar-refractivity contribution in [2.75, 3.05) is 0 Å². The maximum absolute atomic E-state index is 2.50. The fourth-order valence-electron chi connectivity index (χ4n) is 1.49. The van der Waals surface area contributed by atoms with E-state index < -0.39 is 0 Å². The van der Waals surface area contributed by atoms with Gasteiger partial charge in [0.15, 0.2) is 0 Å². The summed E-state index contributed by atoms with van der Waals surface area (Å²) in [4.78, 5) is 2.50. The van der Waals surface area contributed by atoms with Gasteiger partial charge in [0.05, 0.1) is 0 Å². The van der Waals surface area contributed by atoms with Crippen LogP contribution in [0.15, 0.2) is 0 Å². The van der Waals surface area contributed by atoms with Crippen LogP contribution in [0.5, 0.6) is 0 Å². The molecule has 0 amide bonds. The molecule has 1 nitrogen and oxygen atoms in total. The fraction of sp³-hybridized carbons (Fsp3) is 1.00. The Morgan fingerprint density at radius 1 is 0.909 bits per heavy atom. The standard InChI is InChI=1S/C8H18N.ClH.Ti/c1-6-9(7(2)3)8(4)5;;/h6-8H,1-5H3;1H;. The van der Waals surface area contributed by atoms with Gasteiger partial charge in [-0.1, -0.05) is 0 Å². The van der Waals surface area contributed by atoms with Crippen molar-refractivity contribution in [2.24, 2.45) is 0 Å². The molecule has 0 N–H and O–H groups in total. The molecule has 0 aromatic carbocycles. The van der Waals surface area contributed by atoms with Crippen LogP contribution >= 0.6 is 12.4 Å². The third-order valence-electron chi connectivity index (χ3n) is 1.64. The van der Waals surface area contributed by atoms with Gasteiger partial charge in [-0.3, -0.25) is 0 Å². The average Bonchev–Trinajstić information content (AvgIpc) is 1.59. The molecule has 0 aromatic heterocycles. The van der Waals surface area contributed by atoms with Gasteiger partial charge < -0.3 is 0 Å². The van der Waals surface area contributed by atoms with Crippen LogP contribution in [0.4, 0.5) is 0 Å². The zero-order valence-electron chi connectivity index (χ0n) is 8.09. The molecule has 0 aromatic rings. The Labute approximate surface area is 88.7 Å². The molecule has 0 rings (SSSR count). The number of hydrogen-bond acceptors (Lipinski definition) is 1. The molecule has 0 fully saturated rings. The first-order valence-electron chi connectivity index (χ1n) is 3.95. The summed E-state index contributed by atoms with van der Waals surface area (Å²) in [5.41, 5.74) is 0. The van der Waals surface area contributed by atoms with E-state index in [0.717, 1.165) is 0 Å². The van der Waals surface area contributed by atoms with E-state index in [9.17, 15) is 0 Å². The van der Waals surface area contributed by atoms with E-state index in [1.807, 2.05) is 0 Å². The van der Waals surface area contributed by atoms with Crippen molar-refractivity contribution in [3.05, 3.63) is 0 Å². The zero-order valence-corrected chi connectivity index (χ0v) is 10.5. The third kappa shape index (κ3) is 5.24. The summed E-state index contributed by atoms with van der Waals surface area (Å²) in [6.07, 6.45) is 0. The second kappa shape index (κ2) is 6.48. The Morgan fingerprint density at radius 3 is 1.18 bits per heavy atom. The SMILES string of the molecule is CC(C)N(C(C)C)[CH](C)[Ti].Cl. The number of halogens is 1. The predicted octanol–water partition coefficient (Wildman–Crippen LogP) is 2.42. The molecule has 11 heavy (non-hydrogen) atoms. The summed E-state index contributed by atoms with van der Waals surface area (Å²) in [5.74, 6) is 0. The van der Waals surface area contributed by atoms with E-state index in [1.54, 1.807) is 0 Å². The van der Waals surface area contributed by atoms with E-state index in [2.05, 4.69) is 60.0 Å². The van der Waals surface area contributed by atoms with Crippen molar-refractivity contribution in [1.29, 1.82) is 0 Å². The first-order valence-corrected chi connectivity index (χ1v) is 4.85. The van der Waals surface area contributed by atoms with Gasteiger partial charge in [0.25, 0.3) is 0 Å². The number of hydrogen-bond donors (Lipinski definition) is 0. The van der Waals surface area contributed by atoms with Crippen molar-refractivity contribution in [1.82, 2.24) is 4.90 Å². The summed E-state index contributed by atoms with van der Waals surface area (Å²) in [6, 6.07) is 1.33. The van der Waals surface area contributed by atoms with Crippen LogP contribution in [0, 0.1) is 0 Å². The van der Waals surface area contributed by atoms with Crippen LogP contribution in [-0.2, 0) is 20.4 Å². The smallest absolute Gasteiger partial charge is 0.147 e. The zero-order chi connectivity index (χ0) is 8.31. The monoisotopic (exact) mass is 212 g/mol. The summed E-state index contributed by atoms with van der Waals surface area (Å²) in [7, 11) is 0. The van der Waals surface area contributed by atoms with Crippen molar-refractivity contribution in [2.45, 2.75) is 51.0 Å². The molecule has 0 aliphatic heterocycles. The van der Waals surface area contributed by atoms with Gasteiger partial charge in [-0.25, -0.2) is 0 Å². The molecule has 0 heterocycles. The van der Waals surface area contributed by atoms with Crippen LogP contribution in [-0.4, -0.2) is 21.3 Å². The van der Waals surface area contributed by atoms with Gasteiger partial charge >= 0.3 is 76.4 Å². The van der Waals surface area contributed by atoms with E-state index in [0.29, 0.717) is 16.4 Å². The van der Waals surface area contributed by atoms with Gasteiger partial charge in [0, 0.05) is 0 Å². The first-order chi connectivity index (χ1) is 4.46. The molecule has 0 aliphatic carbocycles. The topological polar surface area (TPSA) is 3.24 Å². The fourth-order valence-corrected chi connectivity index (χ4v) is 2.42. The van der Waals surface area contributed by atoms with Crippen molar-refractivity contribution < 1.29 is 20.4 Å². The molecule has 1 unspecified atom stereocenters. The Morgan fingerprint density at radius 2 is 1.18 bits per heavy atom. The maximum Gasteiger partial charge on any atom is -0.147 e.